The fourth-order valence-corrected chi connectivity index (χ4v) is 4.82. The Balaban J connectivity index is 0. The molecule has 0 saturated carbocycles. The predicted molar refractivity (Wildman–Crippen MR) is 85.8 cm³/mol. The molecule has 0 N–H and O–H groups in total. The molecular weight excluding hydrogens is 472 g/mol. The topological polar surface area (TPSA) is 157 Å². The number of rotatable bonds is 6. The van der Waals surface area contributed by atoms with Crippen molar-refractivity contribution in [3.63, 3.8) is 0 Å². The molecule has 30 heavy (non-hydrogen) atoms. The summed E-state index contributed by atoms with van der Waals surface area (Å²) in [5, 5.41) is 6.98. The molecule has 3 rings (SSSR count). The van der Waals surface area contributed by atoms with Gasteiger partial charge in [0, 0.05) is 18.0 Å². The van der Waals surface area contributed by atoms with Crippen molar-refractivity contribution in [2.45, 2.75) is 18.4 Å². The summed E-state index contributed by atoms with van der Waals surface area (Å²) >= 11 is 0. The zero-order chi connectivity index (χ0) is 18.9. The number of fused-ring (bicyclic) bond motifs is 1. The van der Waals surface area contributed by atoms with Crippen molar-refractivity contribution in [1.29, 1.82) is 0 Å². The first kappa shape index (κ1) is 34.3. The van der Waals surface area contributed by atoms with E-state index in [0.717, 1.165) is 16.3 Å². The fraction of sp³-hybridized carbons (Fsp3) is 0.200. The number of aromatic nitrogens is 3. The molecule has 0 aliphatic heterocycles. The van der Waals surface area contributed by atoms with Gasteiger partial charge in [-0.2, -0.15) is 0 Å². The van der Waals surface area contributed by atoms with Gasteiger partial charge in [-0.25, -0.2) is 4.68 Å². The summed E-state index contributed by atoms with van der Waals surface area (Å²) in [6.45, 7) is 0.307. The van der Waals surface area contributed by atoms with Crippen LogP contribution in [-0.2, 0) is 22.1 Å². The number of benzene rings is 2. The molecule has 0 radical (unpaired) electrons. The monoisotopic (exact) mass is 485 g/mol. The van der Waals surface area contributed by atoms with E-state index in [1.54, 1.807) is 0 Å². The summed E-state index contributed by atoms with van der Waals surface area (Å²) < 4.78 is 23.5. The molecule has 0 spiro atoms. The molecule has 9 nitrogen and oxygen atoms in total. The van der Waals surface area contributed by atoms with E-state index >= 15 is 0 Å². The van der Waals surface area contributed by atoms with Crippen LogP contribution in [0.25, 0.3) is 10.8 Å². The van der Waals surface area contributed by atoms with E-state index in [0.29, 0.717) is 6.54 Å². The zero-order valence-corrected chi connectivity index (χ0v) is 27.1. The Morgan fingerprint density at radius 2 is 1.43 bits per heavy atom. The van der Waals surface area contributed by atoms with Crippen molar-refractivity contribution < 1.29 is 147 Å². The first-order valence-electron chi connectivity index (χ1n) is 7.53. The number of nitrogens with zero attached hydrogens (tertiary/aromatic N) is 3. The first-order chi connectivity index (χ1) is 12.1. The van der Waals surface area contributed by atoms with Gasteiger partial charge >= 0.3 is 118 Å². The zero-order valence-electron chi connectivity index (χ0n) is 17.3. The third-order valence-corrected chi connectivity index (χ3v) is 7.39. The van der Waals surface area contributed by atoms with Crippen LogP contribution in [0.5, 0.6) is 0 Å². The summed E-state index contributed by atoms with van der Waals surface area (Å²) in [5.74, 6) is 0. The van der Waals surface area contributed by atoms with Crippen LogP contribution in [-0.4, -0.2) is 20.4 Å². The van der Waals surface area contributed by atoms with Gasteiger partial charge < -0.3 is 28.7 Å². The molecule has 1 heterocycles. The molecule has 0 bridgehead atoms. The van der Waals surface area contributed by atoms with Gasteiger partial charge in [0.1, 0.15) is 0 Å². The molecule has 0 amide bonds. The molecule has 15 heteroatoms. The molecule has 1 aromatic heterocycles. The summed E-state index contributed by atoms with van der Waals surface area (Å²) in [6.07, 6.45) is 0.500. The van der Waals surface area contributed by atoms with Crippen LogP contribution < -0.4 is 138 Å². The molecule has 0 saturated heterocycles. The normalized spacial score (nSPS) is 11.1. The third kappa shape index (κ3) is 9.79. The van der Waals surface area contributed by atoms with Crippen LogP contribution in [0, 0.1) is 0 Å². The molecule has 138 valence electrons. The average molecular weight is 485 g/mol. The summed E-state index contributed by atoms with van der Waals surface area (Å²) in [5.41, 5.74) is 0.836. The predicted octanol–water partition coefficient (Wildman–Crippen LogP) is -12.8. The molecule has 0 unspecified atom stereocenters. The quantitative estimate of drug-likeness (QED) is 0.246. The Morgan fingerprint density at radius 1 is 0.867 bits per heavy atom. The van der Waals surface area contributed by atoms with Gasteiger partial charge in [-0.1, -0.05) is 56.8 Å². The van der Waals surface area contributed by atoms with Crippen molar-refractivity contribution in [2.75, 3.05) is 0 Å². The second-order valence-electron chi connectivity index (χ2n) is 5.85. The molecule has 0 atom stereocenters. The Hall–Kier alpha value is 2.14. The van der Waals surface area contributed by atoms with Gasteiger partial charge in [0.25, 0.3) is 0 Å². The van der Waals surface area contributed by atoms with Crippen molar-refractivity contribution in [3.8, 4) is 0 Å². The fourth-order valence-electron chi connectivity index (χ4n) is 2.62. The smallest absolute Gasteiger partial charge is 0.810 e. The van der Waals surface area contributed by atoms with Crippen LogP contribution in [0.1, 0.15) is 11.3 Å². The van der Waals surface area contributed by atoms with Gasteiger partial charge in [-0.15, -0.1) is 5.10 Å². The van der Waals surface area contributed by atoms with E-state index in [1.165, 1.54) is 10.9 Å². The van der Waals surface area contributed by atoms with E-state index in [4.69, 9.17) is 0 Å². The Kier molecular flexibility index (Phi) is 16.6. The average Bonchev–Trinajstić information content (AvgIpc) is 2.98. The molecule has 0 fully saturated rings. The Bertz CT molecular complexity index is 1020. The van der Waals surface area contributed by atoms with Crippen LogP contribution in [0.15, 0.2) is 48.7 Å². The molecule has 2 aromatic carbocycles. The van der Waals surface area contributed by atoms with Gasteiger partial charge in [-0.3, -0.25) is 0 Å². The molecule has 0 aliphatic carbocycles. The number of hydrogen-bond acceptors (Lipinski definition) is 8. The van der Waals surface area contributed by atoms with Crippen molar-refractivity contribution >= 4 is 26.0 Å². The maximum atomic E-state index is 11.0. The molecule has 3 aromatic rings. The minimum atomic E-state index is -5.61. The SMILES string of the molecule is O=P([O-])([O-])C(Cc1cn(Cc2ccc3ccccc3c2)nn1)P(=O)([O-])[O-].[Na+].[Na+].[Na+].[Na+]. The standard InChI is InChI=1S/C15H17N3O6P2.4Na/c19-25(20,21)15(26(22,23)24)8-14-10-18(17-16-14)9-11-5-6-12-3-1-2-4-13(12)7-11;;;;/h1-7,10,15H,8-9H2,(H2,19,20,21)(H2,22,23,24);;;;/q;4*+1/p-4. The first-order valence-corrected chi connectivity index (χ1v) is 10.8. The van der Waals surface area contributed by atoms with Gasteiger partial charge in [0.2, 0.25) is 0 Å². The van der Waals surface area contributed by atoms with E-state index in [1.807, 2.05) is 42.5 Å². The van der Waals surface area contributed by atoms with Crippen LogP contribution in [0.4, 0.5) is 0 Å². The summed E-state index contributed by atoms with van der Waals surface area (Å²) in [4.78, 5) is 44.2. The van der Waals surface area contributed by atoms with Crippen LogP contribution in [0.2, 0.25) is 0 Å². The molecular formula is C15H13N3Na4O6P2. The minimum absolute atomic E-state index is 0. The number of hydrogen-bond donors (Lipinski definition) is 0. The van der Waals surface area contributed by atoms with Gasteiger partial charge in [0.05, 0.1) is 12.2 Å². The van der Waals surface area contributed by atoms with Crippen molar-refractivity contribution in [3.05, 3.63) is 59.9 Å². The van der Waals surface area contributed by atoms with Crippen molar-refractivity contribution in [1.82, 2.24) is 15.0 Å². The maximum absolute atomic E-state index is 11.0. The van der Waals surface area contributed by atoms with E-state index in [2.05, 4.69) is 10.3 Å². The second-order valence-corrected chi connectivity index (χ2v) is 9.67. The van der Waals surface area contributed by atoms with Crippen LogP contribution in [0.3, 0.4) is 0 Å². The van der Waals surface area contributed by atoms with E-state index in [9.17, 15) is 28.7 Å². The van der Waals surface area contributed by atoms with Crippen LogP contribution >= 0.6 is 15.2 Å². The van der Waals surface area contributed by atoms with Gasteiger partial charge in [-0.05, 0) is 22.4 Å². The largest absolute Gasteiger partial charge is 1.00 e. The minimum Gasteiger partial charge on any atom is -0.810 e. The Morgan fingerprint density at radius 3 is 2.00 bits per heavy atom. The summed E-state index contributed by atoms with van der Waals surface area (Å²) in [6, 6.07) is 13.5. The van der Waals surface area contributed by atoms with Crippen molar-refractivity contribution in [2.24, 2.45) is 0 Å². The van der Waals surface area contributed by atoms with Gasteiger partial charge in [0.15, 0.2) is 0 Å². The van der Waals surface area contributed by atoms with E-state index < -0.39 is 27.0 Å². The third-order valence-electron chi connectivity index (χ3n) is 3.87. The Labute approximate surface area is 262 Å². The molecule has 0 aliphatic rings. The van der Waals surface area contributed by atoms with E-state index in [-0.39, 0.29) is 124 Å². The second kappa shape index (κ2) is 14.5. The summed E-state index contributed by atoms with van der Waals surface area (Å²) in [7, 11) is -11.2. The maximum Gasteiger partial charge on any atom is 1.00 e.